The lowest BCUT2D eigenvalue weighted by molar-refractivity contribution is 0.545. The summed E-state index contributed by atoms with van der Waals surface area (Å²) in [4.78, 5) is 1.31. The molecule has 0 saturated heterocycles. The van der Waals surface area contributed by atoms with Crippen LogP contribution in [-0.4, -0.2) is 8.96 Å². The van der Waals surface area contributed by atoms with Crippen LogP contribution in [0.25, 0.3) is 0 Å². The molecule has 0 amide bonds. The average molecular weight is 310 g/mol. The van der Waals surface area contributed by atoms with Gasteiger partial charge in [-0.05, 0) is 54.2 Å². The maximum absolute atomic E-state index is 11.3. The average Bonchev–Trinajstić information content (AvgIpc) is 2.50. The van der Waals surface area contributed by atoms with E-state index >= 15 is 0 Å². The van der Waals surface area contributed by atoms with E-state index < -0.39 is 11.0 Å². The highest BCUT2D eigenvalue weighted by Gasteiger charge is 2.27. The summed E-state index contributed by atoms with van der Waals surface area (Å²) in [7, 11) is -1.27. The van der Waals surface area contributed by atoms with Crippen LogP contribution in [-0.2, 0) is 11.0 Å². The van der Waals surface area contributed by atoms with E-state index in [1.807, 2.05) is 19.9 Å². The van der Waals surface area contributed by atoms with Crippen molar-refractivity contribution in [2.45, 2.75) is 37.9 Å². The summed E-state index contributed by atoms with van der Waals surface area (Å²) in [5, 5.41) is 5.47. The molecular formula is C10H16BrNOS2. The fraction of sp³-hybridized carbons (Fsp3) is 0.600. The molecule has 1 rings (SSSR count). The molecular weight excluding hydrogens is 294 g/mol. The van der Waals surface area contributed by atoms with Crippen molar-refractivity contribution in [3.05, 3.63) is 20.8 Å². The van der Waals surface area contributed by atoms with Crippen molar-refractivity contribution in [2.24, 2.45) is 5.14 Å². The van der Waals surface area contributed by atoms with Gasteiger partial charge in [0.2, 0.25) is 0 Å². The van der Waals surface area contributed by atoms with Crippen LogP contribution in [0.5, 0.6) is 0 Å². The molecule has 0 aliphatic rings. The zero-order valence-corrected chi connectivity index (χ0v) is 12.3. The van der Waals surface area contributed by atoms with Gasteiger partial charge in [0.25, 0.3) is 0 Å². The number of rotatable bonds is 4. The van der Waals surface area contributed by atoms with Crippen molar-refractivity contribution in [2.75, 3.05) is 0 Å². The Bertz CT molecular complexity index is 362. The van der Waals surface area contributed by atoms with Crippen LogP contribution in [0, 0.1) is 0 Å². The monoisotopic (exact) mass is 309 g/mol. The van der Waals surface area contributed by atoms with Gasteiger partial charge in [0.1, 0.15) is 0 Å². The van der Waals surface area contributed by atoms with Gasteiger partial charge in [0.15, 0.2) is 0 Å². The molecule has 1 aromatic heterocycles. The van der Waals surface area contributed by atoms with Crippen LogP contribution in [0.3, 0.4) is 0 Å². The summed E-state index contributed by atoms with van der Waals surface area (Å²) in [6.07, 6.45) is 0.836. The zero-order valence-electron chi connectivity index (χ0n) is 9.12. The number of hydrogen-bond donors (Lipinski definition) is 1. The summed E-state index contributed by atoms with van der Waals surface area (Å²) in [5.74, 6) is 0.392. The molecule has 86 valence electrons. The lowest BCUT2D eigenvalue weighted by Crippen LogP contribution is -2.33. The van der Waals surface area contributed by atoms with Crippen LogP contribution < -0.4 is 5.14 Å². The fourth-order valence-corrected chi connectivity index (χ4v) is 3.40. The third-order valence-corrected chi connectivity index (χ3v) is 5.53. The SMILES string of the molecule is C[C@@H](CC(C)(C)S(N)=O)c1ccc(Br)s1. The van der Waals surface area contributed by atoms with E-state index in [9.17, 15) is 4.21 Å². The molecule has 15 heavy (non-hydrogen) atoms. The molecule has 1 unspecified atom stereocenters. The van der Waals surface area contributed by atoms with Gasteiger partial charge in [-0.2, -0.15) is 0 Å². The number of halogens is 1. The van der Waals surface area contributed by atoms with Gasteiger partial charge >= 0.3 is 0 Å². The fourth-order valence-electron chi connectivity index (χ4n) is 1.51. The van der Waals surface area contributed by atoms with Gasteiger partial charge in [-0.1, -0.05) is 6.92 Å². The first-order valence-corrected chi connectivity index (χ1v) is 7.56. The molecule has 2 atom stereocenters. The molecule has 0 aliphatic carbocycles. The summed E-state index contributed by atoms with van der Waals surface area (Å²) < 4.78 is 12.1. The Morgan fingerprint density at radius 2 is 2.20 bits per heavy atom. The van der Waals surface area contributed by atoms with Crippen molar-refractivity contribution >= 4 is 38.3 Å². The topological polar surface area (TPSA) is 43.1 Å². The molecule has 0 bridgehead atoms. The van der Waals surface area contributed by atoms with Gasteiger partial charge in [0.05, 0.1) is 19.5 Å². The highest BCUT2D eigenvalue weighted by molar-refractivity contribution is 9.11. The van der Waals surface area contributed by atoms with E-state index in [0.717, 1.165) is 10.2 Å². The maximum atomic E-state index is 11.3. The van der Waals surface area contributed by atoms with E-state index in [2.05, 4.69) is 28.9 Å². The first kappa shape index (κ1) is 13.4. The predicted molar refractivity (Wildman–Crippen MR) is 71.5 cm³/mol. The second-order valence-electron chi connectivity index (χ2n) is 4.30. The van der Waals surface area contributed by atoms with Crippen LogP contribution in [0.1, 0.15) is 38.0 Å². The molecule has 0 aromatic carbocycles. The molecule has 2 N–H and O–H groups in total. The molecule has 0 fully saturated rings. The first-order chi connectivity index (χ1) is 6.83. The Labute approximate surface area is 106 Å². The maximum Gasteiger partial charge on any atom is 0.0945 e. The van der Waals surface area contributed by atoms with Crippen molar-refractivity contribution in [3.8, 4) is 0 Å². The van der Waals surface area contributed by atoms with Crippen molar-refractivity contribution in [1.82, 2.24) is 0 Å². The van der Waals surface area contributed by atoms with Gasteiger partial charge < -0.3 is 0 Å². The standard InChI is InChI=1S/C10H16BrNOS2/c1-7(6-10(2,3)15(12)13)8-4-5-9(11)14-8/h4-5,7H,6,12H2,1-3H3/t7-,15?/m0/s1. The lowest BCUT2D eigenvalue weighted by atomic mass is 9.97. The lowest BCUT2D eigenvalue weighted by Gasteiger charge is -2.24. The zero-order chi connectivity index (χ0) is 11.6. The molecule has 1 heterocycles. The summed E-state index contributed by atoms with van der Waals surface area (Å²) in [6, 6.07) is 4.15. The van der Waals surface area contributed by atoms with Crippen molar-refractivity contribution in [3.63, 3.8) is 0 Å². The second kappa shape index (κ2) is 5.08. The summed E-state index contributed by atoms with van der Waals surface area (Å²) >= 11 is 5.17. The Morgan fingerprint density at radius 1 is 1.60 bits per heavy atom. The van der Waals surface area contributed by atoms with Crippen LogP contribution >= 0.6 is 27.3 Å². The van der Waals surface area contributed by atoms with E-state index in [-0.39, 0.29) is 4.75 Å². The predicted octanol–water partition coefficient (Wildman–Crippen LogP) is 3.41. The minimum Gasteiger partial charge on any atom is -0.251 e. The molecule has 0 spiro atoms. The van der Waals surface area contributed by atoms with E-state index in [1.54, 1.807) is 11.3 Å². The molecule has 0 aliphatic heterocycles. The van der Waals surface area contributed by atoms with Crippen molar-refractivity contribution < 1.29 is 4.21 Å². The van der Waals surface area contributed by atoms with E-state index in [1.165, 1.54) is 4.88 Å². The van der Waals surface area contributed by atoms with Gasteiger partial charge in [0, 0.05) is 4.88 Å². The van der Waals surface area contributed by atoms with Crippen LogP contribution in [0.4, 0.5) is 0 Å². The number of nitrogens with two attached hydrogens (primary N) is 1. The largest absolute Gasteiger partial charge is 0.251 e. The number of hydrogen-bond acceptors (Lipinski definition) is 2. The van der Waals surface area contributed by atoms with Gasteiger partial charge in [-0.15, -0.1) is 11.3 Å². The number of thiophene rings is 1. The summed E-state index contributed by atoms with van der Waals surface area (Å²) in [6.45, 7) is 6.04. The third kappa shape index (κ3) is 3.66. The quantitative estimate of drug-likeness (QED) is 0.910. The van der Waals surface area contributed by atoms with Gasteiger partial charge in [-0.3, -0.25) is 5.14 Å². The normalized spacial score (nSPS) is 16.3. The van der Waals surface area contributed by atoms with Gasteiger partial charge in [-0.25, -0.2) is 4.21 Å². The molecule has 0 radical (unpaired) electrons. The minimum atomic E-state index is -1.27. The highest BCUT2D eigenvalue weighted by Crippen LogP contribution is 2.34. The second-order valence-corrected chi connectivity index (χ2v) is 8.50. The third-order valence-electron chi connectivity index (χ3n) is 2.42. The molecule has 5 heteroatoms. The first-order valence-electron chi connectivity index (χ1n) is 4.74. The summed E-state index contributed by atoms with van der Waals surface area (Å²) in [5.41, 5.74) is 0. The van der Waals surface area contributed by atoms with E-state index in [0.29, 0.717) is 5.92 Å². The highest BCUT2D eigenvalue weighted by atomic mass is 79.9. The Morgan fingerprint density at radius 3 is 2.60 bits per heavy atom. The Balaban J connectivity index is 2.71. The Kier molecular flexibility index (Phi) is 4.52. The Hall–Kier alpha value is 0.290. The molecule has 1 aromatic rings. The van der Waals surface area contributed by atoms with Crippen molar-refractivity contribution in [1.29, 1.82) is 0 Å². The van der Waals surface area contributed by atoms with Crippen LogP contribution in [0.15, 0.2) is 15.9 Å². The smallest absolute Gasteiger partial charge is 0.0945 e. The molecule has 0 saturated carbocycles. The van der Waals surface area contributed by atoms with Crippen LogP contribution in [0.2, 0.25) is 0 Å². The molecule has 2 nitrogen and oxygen atoms in total. The van der Waals surface area contributed by atoms with E-state index in [4.69, 9.17) is 5.14 Å². The minimum absolute atomic E-state index is 0.324.